The molecule has 1 aliphatic carbocycles. The Labute approximate surface area is 139 Å². The van der Waals surface area contributed by atoms with E-state index in [9.17, 15) is 4.79 Å². The van der Waals surface area contributed by atoms with E-state index < -0.39 is 5.41 Å². The molecule has 4 heteroatoms. The van der Waals surface area contributed by atoms with Crippen molar-refractivity contribution in [3.05, 3.63) is 35.9 Å². The number of esters is 1. The second kappa shape index (κ2) is 7.93. The summed E-state index contributed by atoms with van der Waals surface area (Å²) >= 11 is 0. The van der Waals surface area contributed by atoms with E-state index in [1.54, 1.807) is 7.11 Å². The zero-order valence-corrected chi connectivity index (χ0v) is 14.7. The van der Waals surface area contributed by atoms with E-state index in [2.05, 4.69) is 17.4 Å². The molecule has 1 unspecified atom stereocenters. The van der Waals surface area contributed by atoms with Gasteiger partial charge in [0.15, 0.2) is 0 Å². The highest BCUT2D eigenvalue weighted by molar-refractivity contribution is 5.77. The van der Waals surface area contributed by atoms with Crippen LogP contribution < -0.4 is 5.32 Å². The summed E-state index contributed by atoms with van der Waals surface area (Å²) in [5.74, 6) is -0.190. The maximum absolute atomic E-state index is 12.3. The fraction of sp³-hybridized carbons (Fsp3) is 0.632. The SMILES string of the molecule is COC(=O)C(C)(C)C(NC1CCC(OC)CC1)c1ccccc1. The highest BCUT2D eigenvalue weighted by Gasteiger charge is 2.40. The molecule has 1 aromatic carbocycles. The molecule has 1 saturated carbocycles. The number of hydrogen-bond donors (Lipinski definition) is 1. The van der Waals surface area contributed by atoms with Crippen molar-refractivity contribution < 1.29 is 14.3 Å². The third-order valence-corrected chi connectivity index (χ3v) is 4.98. The summed E-state index contributed by atoms with van der Waals surface area (Å²) in [7, 11) is 3.24. The number of ether oxygens (including phenoxy) is 2. The van der Waals surface area contributed by atoms with Crippen LogP contribution in [0.15, 0.2) is 30.3 Å². The lowest BCUT2D eigenvalue weighted by Gasteiger charge is -2.38. The lowest BCUT2D eigenvalue weighted by molar-refractivity contribution is -0.152. The Balaban J connectivity index is 2.16. The van der Waals surface area contributed by atoms with Crippen LogP contribution in [0.4, 0.5) is 0 Å². The van der Waals surface area contributed by atoms with Gasteiger partial charge in [0.2, 0.25) is 0 Å². The van der Waals surface area contributed by atoms with Gasteiger partial charge in [0.05, 0.1) is 18.6 Å². The van der Waals surface area contributed by atoms with Crippen LogP contribution >= 0.6 is 0 Å². The average molecular weight is 319 g/mol. The van der Waals surface area contributed by atoms with Crippen LogP contribution in [-0.2, 0) is 14.3 Å². The van der Waals surface area contributed by atoms with Crippen molar-refractivity contribution in [2.45, 2.75) is 57.7 Å². The second-order valence-electron chi connectivity index (χ2n) is 6.93. The van der Waals surface area contributed by atoms with Crippen LogP contribution in [0.1, 0.15) is 51.1 Å². The third-order valence-electron chi connectivity index (χ3n) is 4.98. The Hall–Kier alpha value is -1.39. The molecule has 0 spiro atoms. The first-order chi connectivity index (χ1) is 11.0. The van der Waals surface area contributed by atoms with Crippen LogP contribution in [0.2, 0.25) is 0 Å². The van der Waals surface area contributed by atoms with Gasteiger partial charge in [-0.1, -0.05) is 30.3 Å². The van der Waals surface area contributed by atoms with Crippen LogP contribution in [0.5, 0.6) is 0 Å². The first-order valence-corrected chi connectivity index (χ1v) is 8.41. The number of methoxy groups -OCH3 is 2. The highest BCUT2D eigenvalue weighted by Crippen LogP contribution is 2.36. The zero-order valence-electron chi connectivity index (χ0n) is 14.7. The van der Waals surface area contributed by atoms with Gasteiger partial charge in [-0.25, -0.2) is 0 Å². The first-order valence-electron chi connectivity index (χ1n) is 8.41. The molecule has 2 rings (SSSR count). The molecular formula is C19H29NO3. The molecule has 1 aliphatic rings. The minimum absolute atomic E-state index is 0.0692. The predicted molar refractivity (Wildman–Crippen MR) is 91.2 cm³/mol. The molecule has 128 valence electrons. The largest absolute Gasteiger partial charge is 0.469 e. The molecule has 1 fully saturated rings. The van der Waals surface area contributed by atoms with Gasteiger partial charge in [-0.2, -0.15) is 0 Å². The Morgan fingerprint density at radius 3 is 2.26 bits per heavy atom. The van der Waals surface area contributed by atoms with Gasteiger partial charge in [-0.3, -0.25) is 4.79 Å². The van der Waals surface area contributed by atoms with E-state index >= 15 is 0 Å². The van der Waals surface area contributed by atoms with Crippen LogP contribution in [0, 0.1) is 5.41 Å². The smallest absolute Gasteiger partial charge is 0.313 e. The number of carbonyl (C=O) groups excluding carboxylic acids is 1. The third kappa shape index (κ3) is 4.33. The number of nitrogens with one attached hydrogen (secondary N) is 1. The van der Waals surface area contributed by atoms with Crippen molar-refractivity contribution in [1.82, 2.24) is 5.32 Å². The van der Waals surface area contributed by atoms with Crippen molar-refractivity contribution in [2.24, 2.45) is 5.41 Å². The van der Waals surface area contributed by atoms with Crippen molar-refractivity contribution in [3.8, 4) is 0 Å². The minimum atomic E-state index is -0.631. The lowest BCUT2D eigenvalue weighted by Crippen LogP contribution is -2.46. The molecule has 1 atom stereocenters. The molecule has 0 heterocycles. The van der Waals surface area contributed by atoms with E-state index in [4.69, 9.17) is 9.47 Å². The van der Waals surface area contributed by atoms with E-state index in [1.807, 2.05) is 32.0 Å². The fourth-order valence-electron chi connectivity index (χ4n) is 3.45. The maximum Gasteiger partial charge on any atom is 0.313 e. The zero-order chi connectivity index (χ0) is 16.9. The van der Waals surface area contributed by atoms with E-state index in [0.717, 1.165) is 31.2 Å². The summed E-state index contributed by atoms with van der Waals surface area (Å²) in [6.45, 7) is 3.90. The summed E-state index contributed by atoms with van der Waals surface area (Å²) < 4.78 is 10.5. The van der Waals surface area contributed by atoms with E-state index in [0.29, 0.717) is 12.1 Å². The maximum atomic E-state index is 12.3. The fourth-order valence-corrected chi connectivity index (χ4v) is 3.45. The molecule has 0 bridgehead atoms. The van der Waals surface area contributed by atoms with Gasteiger partial charge < -0.3 is 14.8 Å². The van der Waals surface area contributed by atoms with Crippen molar-refractivity contribution >= 4 is 5.97 Å². The molecule has 0 aliphatic heterocycles. The van der Waals surface area contributed by atoms with Crippen LogP contribution in [-0.4, -0.2) is 32.3 Å². The number of benzene rings is 1. The van der Waals surface area contributed by atoms with E-state index in [1.165, 1.54) is 7.11 Å². The lowest BCUT2D eigenvalue weighted by atomic mass is 9.79. The normalized spacial score (nSPS) is 23.3. The number of rotatable bonds is 6. The average Bonchev–Trinajstić information content (AvgIpc) is 2.60. The van der Waals surface area contributed by atoms with Gasteiger partial charge in [-0.15, -0.1) is 0 Å². The van der Waals surface area contributed by atoms with Gasteiger partial charge in [-0.05, 0) is 45.1 Å². The summed E-state index contributed by atoms with van der Waals surface area (Å²) in [5, 5.41) is 3.72. The summed E-state index contributed by atoms with van der Waals surface area (Å²) in [6, 6.07) is 10.5. The molecule has 0 aromatic heterocycles. The van der Waals surface area contributed by atoms with Crippen molar-refractivity contribution in [3.63, 3.8) is 0 Å². The predicted octanol–water partition coefficient (Wildman–Crippen LogP) is 3.47. The Morgan fingerprint density at radius 1 is 1.13 bits per heavy atom. The van der Waals surface area contributed by atoms with Gasteiger partial charge in [0.25, 0.3) is 0 Å². The highest BCUT2D eigenvalue weighted by atomic mass is 16.5. The van der Waals surface area contributed by atoms with E-state index in [-0.39, 0.29) is 12.0 Å². The number of hydrogen-bond acceptors (Lipinski definition) is 4. The minimum Gasteiger partial charge on any atom is -0.469 e. The molecule has 23 heavy (non-hydrogen) atoms. The topological polar surface area (TPSA) is 47.6 Å². The van der Waals surface area contributed by atoms with Gasteiger partial charge in [0, 0.05) is 19.2 Å². The van der Waals surface area contributed by atoms with Crippen molar-refractivity contribution in [1.29, 1.82) is 0 Å². The molecule has 1 N–H and O–H groups in total. The summed E-state index contributed by atoms with van der Waals surface area (Å²) in [5.41, 5.74) is 0.491. The summed E-state index contributed by atoms with van der Waals surface area (Å²) in [4.78, 5) is 12.3. The molecule has 0 radical (unpaired) electrons. The Kier molecular flexibility index (Phi) is 6.19. The Morgan fingerprint density at radius 2 is 1.74 bits per heavy atom. The molecular weight excluding hydrogens is 290 g/mol. The van der Waals surface area contributed by atoms with Crippen LogP contribution in [0.25, 0.3) is 0 Å². The monoisotopic (exact) mass is 319 g/mol. The van der Waals surface area contributed by atoms with Gasteiger partial charge >= 0.3 is 5.97 Å². The molecule has 0 saturated heterocycles. The first kappa shape index (κ1) is 18.0. The Bertz CT molecular complexity index is 493. The second-order valence-corrected chi connectivity index (χ2v) is 6.93. The van der Waals surface area contributed by atoms with Gasteiger partial charge in [0.1, 0.15) is 0 Å². The molecule has 0 amide bonds. The van der Waals surface area contributed by atoms with Crippen molar-refractivity contribution in [2.75, 3.05) is 14.2 Å². The molecule has 1 aromatic rings. The van der Waals surface area contributed by atoms with Crippen LogP contribution in [0.3, 0.4) is 0 Å². The summed E-state index contributed by atoms with van der Waals surface area (Å²) in [6.07, 6.45) is 4.64. The molecule has 4 nitrogen and oxygen atoms in total. The number of carbonyl (C=O) groups is 1. The quantitative estimate of drug-likeness (QED) is 0.816. The standard InChI is InChI=1S/C19H29NO3/c1-19(2,18(21)23-4)17(14-8-6-5-7-9-14)20-15-10-12-16(22-3)13-11-15/h5-9,15-17,20H,10-13H2,1-4H3.